The second kappa shape index (κ2) is 6.00. The van der Waals surface area contributed by atoms with Crippen molar-refractivity contribution in [2.75, 3.05) is 11.4 Å². The van der Waals surface area contributed by atoms with E-state index < -0.39 is 0 Å². The molecule has 0 fully saturated rings. The van der Waals surface area contributed by atoms with E-state index in [-0.39, 0.29) is 6.04 Å². The third kappa shape index (κ3) is 2.64. The fourth-order valence-corrected chi connectivity index (χ4v) is 2.89. The number of para-hydroxylation sites is 3. The number of hydrogen-bond acceptors (Lipinski definition) is 2. The second-order valence-electron chi connectivity index (χ2n) is 5.18. The lowest BCUT2D eigenvalue weighted by Gasteiger charge is -2.30. The molecule has 3 heteroatoms. The van der Waals surface area contributed by atoms with Crippen LogP contribution < -0.4 is 4.90 Å². The minimum atomic E-state index is 0.268. The van der Waals surface area contributed by atoms with E-state index in [1.165, 1.54) is 5.69 Å². The monoisotopic (exact) mass is 279 g/mol. The highest BCUT2D eigenvalue weighted by Crippen LogP contribution is 2.29. The maximum atomic E-state index is 4.78. The van der Waals surface area contributed by atoms with E-state index >= 15 is 0 Å². The number of hydrogen-bond donors (Lipinski definition) is 1. The van der Waals surface area contributed by atoms with Gasteiger partial charge in [-0.1, -0.05) is 37.3 Å². The van der Waals surface area contributed by atoms with Crippen molar-refractivity contribution < 1.29 is 0 Å². The SMILES string of the molecule is CCC(c1nc2ccccc2[nH]1)N(CC)c1ccccc1. The zero-order chi connectivity index (χ0) is 14.7. The molecule has 0 aliphatic rings. The number of anilines is 1. The molecule has 0 aliphatic carbocycles. The van der Waals surface area contributed by atoms with Gasteiger partial charge in [-0.3, -0.25) is 0 Å². The van der Waals surface area contributed by atoms with Gasteiger partial charge in [0.05, 0.1) is 17.1 Å². The van der Waals surface area contributed by atoms with Crippen LogP contribution >= 0.6 is 0 Å². The Morgan fingerprint density at radius 2 is 1.71 bits per heavy atom. The smallest absolute Gasteiger partial charge is 0.130 e. The zero-order valence-corrected chi connectivity index (χ0v) is 12.6. The lowest BCUT2D eigenvalue weighted by atomic mass is 10.1. The summed E-state index contributed by atoms with van der Waals surface area (Å²) >= 11 is 0. The number of nitrogens with zero attached hydrogens (tertiary/aromatic N) is 2. The largest absolute Gasteiger partial charge is 0.362 e. The number of aromatic nitrogens is 2. The van der Waals surface area contributed by atoms with Crippen molar-refractivity contribution in [1.82, 2.24) is 9.97 Å². The van der Waals surface area contributed by atoms with Crippen molar-refractivity contribution in [3.05, 3.63) is 60.4 Å². The molecule has 3 aromatic rings. The Morgan fingerprint density at radius 3 is 2.38 bits per heavy atom. The summed E-state index contributed by atoms with van der Waals surface area (Å²) in [6, 6.07) is 19.0. The van der Waals surface area contributed by atoms with E-state index in [9.17, 15) is 0 Å². The first kappa shape index (κ1) is 13.7. The number of H-pyrrole nitrogens is 1. The first-order valence-electron chi connectivity index (χ1n) is 7.59. The molecule has 3 nitrogen and oxygen atoms in total. The topological polar surface area (TPSA) is 31.9 Å². The molecular formula is C18H21N3. The van der Waals surface area contributed by atoms with Crippen molar-refractivity contribution in [3.8, 4) is 0 Å². The Bertz CT molecular complexity index is 670. The van der Waals surface area contributed by atoms with Gasteiger partial charge < -0.3 is 9.88 Å². The first-order chi connectivity index (χ1) is 10.3. The molecule has 1 unspecified atom stereocenters. The van der Waals surface area contributed by atoms with E-state index in [4.69, 9.17) is 4.98 Å². The van der Waals surface area contributed by atoms with E-state index in [2.05, 4.69) is 66.2 Å². The van der Waals surface area contributed by atoms with E-state index in [1.807, 2.05) is 12.1 Å². The first-order valence-corrected chi connectivity index (χ1v) is 7.59. The summed E-state index contributed by atoms with van der Waals surface area (Å²) in [6.45, 7) is 5.36. The molecule has 1 aromatic heterocycles. The summed E-state index contributed by atoms with van der Waals surface area (Å²) in [5.74, 6) is 1.05. The summed E-state index contributed by atoms with van der Waals surface area (Å²) in [5, 5.41) is 0. The van der Waals surface area contributed by atoms with Crippen LogP contribution in [0.2, 0.25) is 0 Å². The molecule has 1 atom stereocenters. The molecular weight excluding hydrogens is 258 g/mol. The molecule has 3 rings (SSSR count). The summed E-state index contributed by atoms with van der Waals surface area (Å²) in [4.78, 5) is 10.7. The maximum Gasteiger partial charge on any atom is 0.130 e. The van der Waals surface area contributed by atoms with Crippen LogP contribution in [-0.2, 0) is 0 Å². The number of aromatic amines is 1. The van der Waals surface area contributed by atoms with Gasteiger partial charge in [0.2, 0.25) is 0 Å². The number of rotatable bonds is 5. The molecule has 2 aromatic carbocycles. The summed E-state index contributed by atoms with van der Waals surface area (Å²) in [5.41, 5.74) is 3.39. The predicted octanol–water partition coefficient (Wildman–Crippen LogP) is 4.54. The van der Waals surface area contributed by atoms with Crippen LogP contribution in [0.3, 0.4) is 0 Å². The van der Waals surface area contributed by atoms with Crippen molar-refractivity contribution in [3.63, 3.8) is 0 Å². The fraction of sp³-hybridized carbons (Fsp3) is 0.278. The van der Waals surface area contributed by atoms with E-state index in [1.54, 1.807) is 0 Å². The number of nitrogens with one attached hydrogen (secondary N) is 1. The highest BCUT2D eigenvalue weighted by molar-refractivity contribution is 5.75. The fourth-order valence-electron chi connectivity index (χ4n) is 2.89. The molecule has 0 saturated carbocycles. The highest BCUT2D eigenvalue weighted by atomic mass is 15.2. The molecule has 0 radical (unpaired) electrons. The van der Waals surface area contributed by atoms with Crippen LogP contribution in [-0.4, -0.2) is 16.5 Å². The molecule has 0 spiro atoms. The van der Waals surface area contributed by atoms with Gasteiger partial charge in [0.15, 0.2) is 0 Å². The lowest BCUT2D eigenvalue weighted by Crippen LogP contribution is -2.28. The Hall–Kier alpha value is -2.29. The van der Waals surface area contributed by atoms with Gasteiger partial charge in [0, 0.05) is 12.2 Å². The molecule has 0 bridgehead atoms. The van der Waals surface area contributed by atoms with Gasteiger partial charge in [-0.2, -0.15) is 0 Å². The van der Waals surface area contributed by atoms with Gasteiger partial charge in [0.25, 0.3) is 0 Å². The zero-order valence-electron chi connectivity index (χ0n) is 12.6. The average Bonchev–Trinajstić information content (AvgIpc) is 2.96. The predicted molar refractivity (Wildman–Crippen MR) is 88.6 cm³/mol. The number of imidazole rings is 1. The maximum absolute atomic E-state index is 4.78. The van der Waals surface area contributed by atoms with Gasteiger partial charge in [0.1, 0.15) is 5.82 Å². The third-order valence-electron chi connectivity index (χ3n) is 3.91. The van der Waals surface area contributed by atoms with Gasteiger partial charge >= 0.3 is 0 Å². The Morgan fingerprint density at radius 1 is 1.00 bits per heavy atom. The van der Waals surface area contributed by atoms with Gasteiger partial charge in [-0.25, -0.2) is 4.98 Å². The standard InChI is InChI=1S/C18H21N3/c1-3-17(21(4-2)14-10-6-5-7-11-14)18-19-15-12-8-9-13-16(15)20-18/h5-13,17H,3-4H2,1-2H3,(H,19,20). The van der Waals surface area contributed by atoms with Gasteiger partial charge in [-0.15, -0.1) is 0 Å². The number of fused-ring (bicyclic) bond motifs is 1. The molecule has 1 heterocycles. The highest BCUT2D eigenvalue weighted by Gasteiger charge is 2.21. The Balaban J connectivity index is 1.99. The molecule has 21 heavy (non-hydrogen) atoms. The normalized spacial score (nSPS) is 12.5. The third-order valence-corrected chi connectivity index (χ3v) is 3.91. The molecule has 1 N–H and O–H groups in total. The van der Waals surface area contributed by atoms with E-state index in [0.717, 1.165) is 29.8 Å². The van der Waals surface area contributed by atoms with Crippen LogP contribution in [0, 0.1) is 0 Å². The molecule has 0 amide bonds. The van der Waals surface area contributed by atoms with Gasteiger partial charge in [-0.05, 0) is 37.6 Å². The van der Waals surface area contributed by atoms with Crippen LogP contribution in [0.4, 0.5) is 5.69 Å². The molecule has 0 saturated heterocycles. The van der Waals surface area contributed by atoms with E-state index in [0.29, 0.717) is 0 Å². The lowest BCUT2D eigenvalue weighted by molar-refractivity contribution is 0.588. The van der Waals surface area contributed by atoms with Crippen LogP contribution in [0.15, 0.2) is 54.6 Å². The number of benzene rings is 2. The van der Waals surface area contributed by atoms with Crippen LogP contribution in [0.25, 0.3) is 11.0 Å². The molecule has 0 aliphatic heterocycles. The Labute approximate surface area is 125 Å². The average molecular weight is 279 g/mol. The van der Waals surface area contributed by atoms with Crippen LogP contribution in [0.1, 0.15) is 32.1 Å². The molecule has 108 valence electrons. The second-order valence-corrected chi connectivity index (χ2v) is 5.18. The van der Waals surface area contributed by atoms with Crippen molar-refractivity contribution in [1.29, 1.82) is 0 Å². The Kier molecular flexibility index (Phi) is 3.91. The minimum absolute atomic E-state index is 0.268. The quantitative estimate of drug-likeness (QED) is 0.743. The van der Waals surface area contributed by atoms with Crippen molar-refractivity contribution in [2.45, 2.75) is 26.3 Å². The summed E-state index contributed by atoms with van der Waals surface area (Å²) in [7, 11) is 0. The summed E-state index contributed by atoms with van der Waals surface area (Å²) in [6.07, 6.45) is 1.02. The van der Waals surface area contributed by atoms with Crippen LogP contribution in [0.5, 0.6) is 0 Å². The van der Waals surface area contributed by atoms with Crippen molar-refractivity contribution >= 4 is 16.7 Å². The summed E-state index contributed by atoms with van der Waals surface area (Å²) < 4.78 is 0. The minimum Gasteiger partial charge on any atom is -0.362 e. The van der Waals surface area contributed by atoms with Crippen molar-refractivity contribution in [2.24, 2.45) is 0 Å².